The third-order valence-corrected chi connectivity index (χ3v) is 14.4. The summed E-state index contributed by atoms with van der Waals surface area (Å²) in [5.41, 5.74) is 3.93. The fraction of sp³-hybridized carbons (Fsp3) is 0.500. The van der Waals surface area contributed by atoms with E-state index < -0.39 is 30.0 Å². The van der Waals surface area contributed by atoms with E-state index in [9.17, 15) is 14.4 Å². The normalized spacial score (nSPS) is 25.2. The average Bonchev–Trinajstić information content (AvgIpc) is 3.81. The van der Waals surface area contributed by atoms with Gasteiger partial charge in [-0.2, -0.15) is 10.1 Å². The minimum Gasteiger partial charge on any atom is -0.480 e. The molecule has 2 unspecified atom stereocenters. The number of anilines is 5. The van der Waals surface area contributed by atoms with Crippen LogP contribution < -0.4 is 36.0 Å². The van der Waals surface area contributed by atoms with Crippen LogP contribution in [0.15, 0.2) is 47.4 Å². The van der Waals surface area contributed by atoms with Crippen LogP contribution in [0.2, 0.25) is 5.02 Å². The number of hydrogen-bond donors (Lipinski definition) is 3. The number of carbonyl (C=O) groups is 2. The summed E-state index contributed by atoms with van der Waals surface area (Å²) in [7, 11) is 3.55. The Labute approximate surface area is 360 Å². The minimum absolute atomic E-state index is 0.105. The number of alkyl halides is 2. The summed E-state index contributed by atoms with van der Waals surface area (Å²) in [6.07, 6.45) is 6.92. The highest BCUT2D eigenvalue weighted by Gasteiger charge is 2.51. The molecule has 324 valence electrons. The molecule has 2 aromatic carbocycles. The third kappa shape index (κ3) is 6.69. The van der Waals surface area contributed by atoms with Gasteiger partial charge in [-0.3, -0.25) is 29.3 Å². The van der Waals surface area contributed by atoms with Crippen LogP contribution in [0.3, 0.4) is 0 Å². The number of likely N-dealkylation sites (tertiary alicyclic amines) is 1. The van der Waals surface area contributed by atoms with E-state index in [0.29, 0.717) is 77.1 Å². The van der Waals surface area contributed by atoms with Crippen molar-refractivity contribution in [3.63, 3.8) is 0 Å². The van der Waals surface area contributed by atoms with Gasteiger partial charge in [-0.1, -0.05) is 23.7 Å². The Morgan fingerprint density at radius 3 is 2.58 bits per heavy atom. The molecule has 11 rings (SSSR count). The Kier molecular flexibility index (Phi) is 9.37. The molecule has 3 aromatic heterocycles. The lowest BCUT2D eigenvalue weighted by atomic mass is 9.92. The number of benzene rings is 2. The number of fused-ring (bicyclic) bond motifs is 6. The molecule has 3 N–H and O–H groups in total. The van der Waals surface area contributed by atoms with Crippen molar-refractivity contribution in [1.82, 2.24) is 34.5 Å². The number of amides is 2. The van der Waals surface area contributed by atoms with Gasteiger partial charge in [0.25, 0.3) is 5.56 Å². The van der Waals surface area contributed by atoms with Crippen LogP contribution >= 0.6 is 11.6 Å². The Morgan fingerprint density at radius 2 is 1.82 bits per heavy atom. The molecular formula is C44H48ClF2N11O4. The van der Waals surface area contributed by atoms with E-state index in [1.165, 1.54) is 4.57 Å². The van der Waals surface area contributed by atoms with Crippen LogP contribution in [0.1, 0.15) is 56.6 Å². The minimum atomic E-state index is -3.13. The molecule has 8 heterocycles. The Hall–Kier alpha value is -5.55. The molecule has 0 radical (unpaired) electrons. The zero-order valence-corrected chi connectivity index (χ0v) is 35.3. The van der Waals surface area contributed by atoms with Gasteiger partial charge in [0.05, 0.1) is 46.3 Å². The number of ether oxygens (including phenoxy) is 1. The summed E-state index contributed by atoms with van der Waals surface area (Å²) < 4.78 is 39.2. The molecule has 6 aliphatic rings. The standard InChI is InChI=1S/C44H48ClF2N11O4/c1-54-32-10-8-25(16-30(32)36-38(42(54)61)62-22-44(46,47)39(51-36)24-6-7-24)49-40-31(45)18-48-43(52-40)56-14-12-23(13-15-56)19-57-20-27-17-26(57)21-58(27)33-5-3-4-28-35(53-55(2)37(28)33)29-9-11-34(59)50-41(29)60/h3-5,8,10,16,18,23-24,26-27,29,39,51H,6-7,9,11-15,17,19-22H2,1-2H3,(H,48,49,52)(H,50,59,60)/t26-,27-,29?,39?/m1/s1. The molecule has 4 saturated heterocycles. The van der Waals surface area contributed by atoms with E-state index in [1.54, 1.807) is 19.3 Å². The number of para-hydroxylation sites is 1. The number of nitrogens with one attached hydrogen (secondary N) is 3. The second kappa shape index (κ2) is 14.8. The summed E-state index contributed by atoms with van der Waals surface area (Å²) in [6, 6.07) is 11.4. The zero-order chi connectivity index (χ0) is 42.6. The van der Waals surface area contributed by atoms with E-state index in [-0.39, 0.29) is 29.2 Å². The molecule has 5 aliphatic heterocycles. The quantitative estimate of drug-likeness (QED) is 0.168. The summed E-state index contributed by atoms with van der Waals surface area (Å²) in [4.78, 5) is 54.7. The van der Waals surface area contributed by atoms with E-state index >= 15 is 8.78 Å². The lowest BCUT2D eigenvalue weighted by Gasteiger charge is -2.39. The van der Waals surface area contributed by atoms with Gasteiger partial charge in [0.2, 0.25) is 23.5 Å². The molecular weight excluding hydrogens is 820 g/mol. The molecule has 62 heavy (non-hydrogen) atoms. The Balaban J connectivity index is 0.744. The van der Waals surface area contributed by atoms with Gasteiger partial charge in [0.15, 0.2) is 12.4 Å². The van der Waals surface area contributed by atoms with Crippen molar-refractivity contribution in [2.24, 2.45) is 25.9 Å². The predicted octanol–water partition coefficient (Wildman–Crippen LogP) is 5.53. The van der Waals surface area contributed by atoms with Crippen LogP contribution in [0, 0.1) is 11.8 Å². The maximum atomic E-state index is 15.2. The number of rotatable bonds is 8. The smallest absolute Gasteiger partial charge is 0.301 e. The maximum absolute atomic E-state index is 15.2. The number of imide groups is 1. The number of carbonyl (C=O) groups excluding carboxylic acids is 2. The van der Waals surface area contributed by atoms with Crippen molar-refractivity contribution in [3.05, 3.63) is 63.7 Å². The van der Waals surface area contributed by atoms with Crippen molar-refractivity contribution in [2.75, 3.05) is 59.8 Å². The SMILES string of the molecule is Cn1nc(C2CCC(=O)NC2=O)c2cccc(N3C[C@H]4C[C@@H]3CN4CC3CCN(c4ncc(Cl)c(Nc5ccc6c(c5)c5c(c(=O)n6C)OCC(F)(F)C(C6CC6)N5)n4)CC3)c21. The summed E-state index contributed by atoms with van der Waals surface area (Å²) in [6.45, 7) is 3.75. The van der Waals surface area contributed by atoms with Crippen LogP contribution in [0.4, 0.5) is 37.6 Å². The van der Waals surface area contributed by atoms with Crippen molar-refractivity contribution in [2.45, 2.75) is 74.9 Å². The number of pyridine rings is 1. The Bertz CT molecular complexity index is 2710. The molecule has 15 nitrogen and oxygen atoms in total. The Morgan fingerprint density at radius 1 is 1.00 bits per heavy atom. The van der Waals surface area contributed by atoms with Crippen molar-refractivity contribution in [1.29, 1.82) is 0 Å². The monoisotopic (exact) mass is 867 g/mol. The highest BCUT2D eigenvalue weighted by Crippen LogP contribution is 2.46. The van der Waals surface area contributed by atoms with Crippen LogP contribution in [-0.2, 0) is 23.7 Å². The molecule has 0 spiro atoms. The lowest BCUT2D eigenvalue weighted by molar-refractivity contribution is -0.134. The second-order valence-electron chi connectivity index (χ2n) is 18.1. The molecule has 18 heteroatoms. The molecule has 2 bridgehead atoms. The topological polar surface area (TPSA) is 155 Å². The summed E-state index contributed by atoms with van der Waals surface area (Å²) in [5.74, 6) is -2.80. The van der Waals surface area contributed by atoms with Gasteiger partial charge >= 0.3 is 5.92 Å². The van der Waals surface area contributed by atoms with Gasteiger partial charge in [0, 0.05) is 81.8 Å². The van der Waals surface area contributed by atoms with Gasteiger partial charge in [-0.15, -0.1) is 0 Å². The highest BCUT2D eigenvalue weighted by atomic mass is 35.5. The van der Waals surface area contributed by atoms with Crippen LogP contribution in [0.25, 0.3) is 21.8 Å². The first-order valence-electron chi connectivity index (χ1n) is 21.7. The van der Waals surface area contributed by atoms with E-state index in [1.807, 2.05) is 29.9 Å². The number of aromatic nitrogens is 5. The number of piperidine rings is 2. The van der Waals surface area contributed by atoms with E-state index in [0.717, 1.165) is 74.3 Å². The number of piperazine rings is 1. The molecule has 5 aromatic rings. The first-order chi connectivity index (χ1) is 29.9. The van der Waals surface area contributed by atoms with Crippen molar-refractivity contribution >= 4 is 74.0 Å². The predicted molar refractivity (Wildman–Crippen MR) is 232 cm³/mol. The first kappa shape index (κ1) is 39.3. The fourth-order valence-corrected chi connectivity index (χ4v) is 10.9. The molecule has 2 amide bonds. The number of nitrogens with zero attached hydrogens (tertiary/aromatic N) is 8. The third-order valence-electron chi connectivity index (χ3n) is 14.1. The van der Waals surface area contributed by atoms with Crippen LogP contribution in [0.5, 0.6) is 5.75 Å². The van der Waals surface area contributed by atoms with E-state index in [4.69, 9.17) is 26.4 Å². The molecule has 1 aliphatic carbocycles. The van der Waals surface area contributed by atoms with Crippen molar-refractivity contribution in [3.8, 4) is 5.75 Å². The molecule has 1 saturated carbocycles. The van der Waals surface area contributed by atoms with Crippen molar-refractivity contribution < 1.29 is 23.1 Å². The zero-order valence-electron chi connectivity index (χ0n) is 34.5. The molecule has 5 fully saturated rings. The largest absolute Gasteiger partial charge is 0.480 e. The van der Waals surface area contributed by atoms with E-state index in [2.05, 4.69) is 47.8 Å². The van der Waals surface area contributed by atoms with Gasteiger partial charge in [-0.05, 0) is 74.6 Å². The van der Waals surface area contributed by atoms with Gasteiger partial charge in [-0.25, -0.2) is 13.8 Å². The average molecular weight is 868 g/mol. The lowest BCUT2D eigenvalue weighted by Crippen LogP contribution is -2.49. The number of aryl methyl sites for hydroxylation is 2. The number of halogens is 3. The van der Waals surface area contributed by atoms with Gasteiger partial charge < -0.3 is 29.7 Å². The fourth-order valence-electron chi connectivity index (χ4n) is 10.7. The maximum Gasteiger partial charge on any atom is 0.301 e. The first-order valence-corrected chi connectivity index (χ1v) is 22.1. The summed E-state index contributed by atoms with van der Waals surface area (Å²) in [5, 5.41) is 15.6. The summed E-state index contributed by atoms with van der Waals surface area (Å²) >= 11 is 6.65. The number of hydrogen-bond acceptors (Lipinski definition) is 12. The van der Waals surface area contributed by atoms with Crippen LogP contribution in [-0.4, -0.2) is 104 Å². The van der Waals surface area contributed by atoms with Gasteiger partial charge in [0.1, 0.15) is 5.02 Å². The molecule has 4 atom stereocenters. The highest BCUT2D eigenvalue weighted by molar-refractivity contribution is 6.33. The second-order valence-corrected chi connectivity index (χ2v) is 18.5.